The van der Waals surface area contributed by atoms with Gasteiger partial charge in [-0.2, -0.15) is 0 Å². The number of halogens is 1. The zero-order chi connectivity index (χ0) is 12.7. The molecule has 1 amide bonds. The average Bonchev–Trinajstić information content (AvgIpc) is 2.68. The Morgan fingerprint density at radius 2 is 1.94 bits per heavy atom. The first-order valence-corrected chi connectivity index (χ1v) is 6.41. The summed E-state index contributed by atoms with van der Waals surface area (Å²) in [6.45, 7) is 0.594. The zero-order valence-corrected chi connectivity index (χ0v) is 11.1. The smallest absolute Gasteiger partial charge is 0.259 e. The minimum atomic E-state index is 0.00389. The standard InChI is InChI=1S/C14H11BrN2O/c15-12-3-1-2-4-13(12)17-8-9-5-6-10(16)7-11(9)14(17)18/h1-7H,8,16H2. The van der Waals surface area contributed by atoms with Crippen LogP contribution in [-0.4, -0.2) is 5.91 Å². The van der Waals surface area contributed by atoms with E-state index in [0.29, 0.717) is 17.8 Å². The summed E-state index contributed by atoms with van der Waals surface area (Å²) in [4.78, 5) is 14.1. The summed E-state index contributed by atoms with van der Waals surface area (Å²) in [7, 11) is 0. The number of carbonyl (C=O) groups excluding carboxylic acids is 1. The van der Waals surface area contributed by atoms with E-state index in [1.54, 1.807) is 11.0 Å². The Balaban J connectivity index is 2.05. The van der Waals surface area contributed by atoms with Crippen LogP contribution in [-0.2, 0) is 6.54 Å². The number of benzene rings is 2. The lowest BCUT2D eigenvalue weighted by molar-refractivity contribution is 0.0996. The maximum absolute atomic E-state index is 12.4. The van der Waals surface area contributed by atoms with Crippen molar-refractivity contribution >= 4 is 33.2 Å². The number of amides is 1. The predicted molar refractivity (Wildman–Crippen MR) is 75.5 cm³/mol. The van der Waals surface area contributed by atoms with Crippen molar-refractivity contribution in [3.8, 4) is 0 Å². The molecule has 3 rings (SSSR count). The van der Waals surface area contributed by atoms with Gasteiger partial charge in [0.05, 0.1) is 12.2 Å². The number of nitrogens with zero attached hydrogens (tertiary/aromatic N) is 1. The van der Waals surface area contributed by atoms with E-state index in [0.717, 1.165) is 15.7 Å². The number of rotatable bonds is 1. The molecule has 0 saturated carbocycles. The van der Waals surface area contributed by atoms with Crippen LogP contribution in [0.15, 0.2) is 46.9 Å². The lowest BCUT2D eigenvalue weighted by Gasteiger charge is -2.17. The molecular formula is C14H11BrN2O. The molecular weight excluding hydrogens is 292 g/mol. The van der Waals surface area contributed by atoms with Crippen molar-refractivity contribution in [3.05, 3.63) is 58.1 Å². The molecule has 0 aromatic heterocycles. The largest absolute Gasteiger partial charge is 0.399 e. The quantitative estimate of drug-likeness (QED) is 0.822. The van der Waals surface area contributed by atoms with Crippen molar-refractivity contribution in [2.45, 2.75) is 6.54 Å². The second-order valence-corrected chi connectivity index (χ2v) is 5.11. The Hall–Kier alpha value is -1.81. The van der Waals surface area contributed by atoms with Gasteiger partial charge in [0, 0.05) is 15.7 Å². The monoisotopic (exact) mass is 302 g/mol. The molecule has 0 spiro atoms. The molecule has 90 valence electrons. The van der Waals surface area contributed by atoms with E-state index in [1.165, 1.54) is 0 Å². The topological polar surface area (TPSA) is 46.3 Å². The third-order valence-electron chi connectivity index (χ3n) is 3.08. The minimum Gasteiger partial charge on any atom is -0.399 e. The lowest BCUT2D eigenvalue weighted by atomic mass is 10.1. The summed E-state index contributed by atoms with van der Waals surface area (Å²) in [5.74, 6) is 0.00389. The normalized spacial score (nSPS) is 13.8. The number of para-hydroxylation sites is 1. The summed E-state index contributed by atoms with van der Waals surface area (Å²) in [6.07, 6.45) is 0. The van der Waals surface area contributed by atoms with Crippen LogP contribution in [0.2, 0.25) is 0 Å². The highest BCUT2D eigenvalue weighted by Gasteiger charge is 2.29. The fourth-order valence-electron chi connectivity index (χ4n) is 2.18. The van der Waals surface area contributed by atoms with Gasteiger partial charge in [-0.15, -0.1) is 0 Å². The van der Waals surface area contributed by atoms with Crippen molar-refractivity contribution in [3.63, 3.8) is 0 Å². The second-order valence-electron chi connectivity index (χ2n) is 4.26. The van der Waals surface area contributed by atoms with Crippen LogP contribution in [0.3, 0.4) is 0 Å². The summed E-state index contributed by atoms with van der Waals surface area (Å²) in [5.41, 5.74) is 8.95. The van der Waals surface area contributed by atoms with E-state index < -0.39 is 0 Å². The number of nitrogen functional groups attached to an aromatic ring is 1. The molecule has 0 atom stereocenters. The maximum atomic E-state index is 12.4. The van der Waals surface area contributed by atoms with Crippen molar-refractivity contribution in [2.24, 2.45) is 0 Å². The Morgan fingerprint density at radius 3 is 2.72 bits per heavy atom. The molecule has 2 N–H and O–H groups in total. The molecule has 2 aromatic rings. The molecule has 1 aliphatic rings. The molecule has 0 bridgehead atoms. The SMILES string of the molecule is Nc1ccc2c(c1)C(=O)N(c1ccccc1Br)C2. The number of hydrogen-bond donors (Lipinski definition) is 1. The number of nitrogens with two attached hydrogens (primary N) is 1. The van der Waals surface area contributed by atoms with Crippen LogP contribution in [0.25, 0.3) is 0 Å². The summed E-state index contributed by atoms with van der Waals surface area (Å²) in [6, 6.07) is 13.2. The average molecular weight is 303 g/mol. The Bertz CT molecular complexity index is 639. The van der Waals surface area contributed by atoms with E-state index in [1.807, 2.05) is 36.4 Å². The van der Waals surface area contributed by atoms with E-state index in [9.17, 15) is 4.79 Å². The van der Waals surface area contributed by atoms with Gasteiger partial charge in [0.25, 0.3) is 5.91 Å². The van der Waals surface area contributed by atoms with Gasteiger partial charge in [-0.05, 0) is 45.8 Å². The number of carbonyl (C=O) groups is 1. The summed E-state index contributed by atoms with van der Waals surface area (Å²) in [5, 5.41) is 0. The molecule has 0 fully saturated rings. The maximum Gasteiger partial charge on any atom is 0.259 e. The lowest BCUT2D eigenvalue weighted by Crippen LogP contribution is -2.23. The first-order valence-electron chi connectivity index (χ1n) is 5.61. The molecule has 0 aliphatic carbocycles. The molecule has 0 radical (unpaired) electrons. The van der Waals surface area contributed by atoms with Crippen molar-refractivity contribution in [2.75, 3.05) is 10.6 Å². The van der Waals surface area contributed by atoms with Crippen LogP contribution in [0.1, 0.15) is 15.9 Å². The number of anilines is 2. The first-order chi connectivity index (χ1) is 8.66. The van der Waals surface area contributed by atoms with Crippen LogP contribution >= 0.6 is 15.9 Å². The zero-order valence-electron chi connectivity index (χ0n) is 9.56. The predicted octanol–water partition coefficient (Wildman–Crippen LogP) is 3.19. The van der Waals surface area contributed by atoms with E-state index in [4.69, 9.17) is 5.73 Å². The van der Waals surface area contributed by atoms with Crippen LogP contribution < -0.4 is 10.6 Å². The highest BCUT2D eigenvalue weighted by molar-refractivity contribution is 9.10. The van der Waals surface area contributed by atoms with E-state index in [2.05, 4.69) is 15.9 Å². The highest BCUT2D eigenvalue weighted by atomic mass is 79.9. The van der Waals surface area contributed by atoms with Gasteiger partial charge in [0.1, 0.15) is 0 Å². The van der Waals surface area contributed by atoms with Gasteiger partial charge in [-0.25, -0.2) is 0 Å². The third-order valence-corrected chi connectivity index (χ3v) is 3.75. The van der Waals surface area contributed by atoms with Crippen LogP contribution in [0.4, 0.5) is 11.4 Å². The van der Waals surface area contributed by atoms with Gasteiger partial charge >= 0.3 is 0 Å². The fraction of sp³-hybridized carbons (Fsp3) is 0.0714. The Kier molecular flexibility index (Phi) is 2.59. The van der Waals surface area contributed by atoms with Crippen LogP contribution in [0.5, 0.6) is 0 Å². The fourth-order valence-corrected chi connectivity index (χ4v) is 2.68. The van der Waals surface area contributed by atoms with Gasteiger partial charge in [0.2, 0.25) is 0 Å². The van der Waals surface area contributed by atoms with Gasteiger partial charge < -0.3 is 10.6 Å². The first kappa shape index (κ1) is 11.3. The van der Waals surface area contributed by atoms with Gasteiger partial charge in [-0.3, -0.25) is 4.79 Å². The molecule has 1 heterocycles. The Morgan fingerprint density at radius 1 is 1.17 bits per heavy atom. The molecule has 4 heteroatoms. The van der Waals surface area contributed by atoms with Crippen molar-refractivity contribution in [1.82, 2.24) is 0 Å². The third kappa shape index (κ3) is 1.69. The van der Waals surface area contributed by atoms with Crippen molar-refractivity contribution < 1.29 is 4.79 Å². The van der Waals surface area contributed by atoms with Crippen LogP contribution in [0, 0.1) is 0 Å². The van der Waals surface area contributed by atoms with E-state index in [-0.39, 0.29) is 5.91 Å². The number of hydrogen-bond acceptors (Lipinski definition) is 2. The molecule has 0 unspecified atom stereocenters. The van der Waals surface area contributed by atoms with Gasteiger partial charge in [0.15, 0.2) is 0 Å². The molecule has 1 aliphatic heterocycles. The second kappa shape index (κ2) is 4.14. The molecule has 18 heavy (non-hydrogen) atoms. The highest BCUT2D eigenvalue weighted by Crippen LogP contribution is 2.33. The van der Waals surface area contributed by atoms with Crippen molar-refractivity contribution in [1.29, 1.82) is 0 Å². The summed E-state index contributed by atoms with van der Waals surface area (Å²) >= 11 is 3.47. The minimum absolute atomic E-state index is 0.00389. The van der Waals surface area contributed by atoms with E-state index >= 15 is 0 Å². The number of fused-ring (bicyclic) bond motifs is 1. The molecule has 3 nitrogen and oxygen atoms in total. The van der Waals surface area contributed by atoms with Gasteiger partial charge in [-0.1, -0.05) is 18.2 Å². The Labute approximate surface area is 113 Å². The molecule has 0 saturated heterocycles. The summed E-state index contributed by atoms with van der Waals surface area (Å²) < 4.78 is 0.916. The molecule has 2 aromatic carbocycles.